The predicted octanol–water partition coefficient (Wildman–Crippen LogP) is 4.27. The van der Waals surface area contributed by atoms with Crippen molar-refractivity contribution in [2.24, 2.45) is 11.8 Å². The van der Waals surface area contributed by atoms with E-state index in [1.165, 1.54) is 6.07 Å². The third kappa shape index (κ3) is 7.11. The minimum absolute atomic E-state index is 0.128. The smallest absolute Gasteiger partial charge is 0.356 e. The summed E-state index contributed by atoms with van der Waals surface area (Å²) >= 11 is 0. The van der Waals surface area contributed by atoms with E-state index in [9.17, 15) is 9.59 Å². The number of pyridine rings is 1. The lowest BCUT2D eigenvalue weighted by atomic mass is 10.0. The molecule has 134 valence electrons. The number of rotatable bonds is 10. The van der Waals surface area contributed by atoms with Gasteiger partial charge in [0.15, 0.2) is 0 Å². The molecule has 0 saturated carbocycles. The second-order valence-electron chi connectivity index (χ2n) is 6.42. The van der Waals surface area contributed by atoms with Crippen molar-refractivity contribution in [2.75, 3.05) is 13.2 Å². The third-order valence-electron chi connectivity index (χ3n) is 3.71. The van der Waals surface area contributed by atoms with Gasteiger partial charge in [0, 0.05) is 0 Å². The van der Waals surface area contributed by atoms with E-state index in [-0.39, 0.29) is 17.3 Å². The lowest BCUT2D eigenvalue weighted by Gasteiger charge is -2.14. The molecule has 1 aromatic rings. The van der Waals surface area contributed by atoms with Crippen LogP contribution in [0.3, 0.4) is 0 Å². The molecule has 0 saturated heterocycles. The fourth-order valence-corrected chi connectivity index (χ4v) is 2.14. The Bertz CT molecular complexity index is 528. The molecule has 1 heterocycles. The van der Waals surface area contributed by atoms with E-state index < -0.39 is 11.9 Å². The normalized spacial score (nSPS) is 12.0. The fraction of sp³-hybridized carbons (Fsp3) is 0.632. The number of carbonyl (C=O) groups is 2. The molecule has 0 bridgehead atoms. The number of hydrogen-bond donors (Lipinski definition) is 0. The van der Waals surface area contributed by atoms with Crippen LogP contribution < -0.4 is 0 Å². The maximum absolute atomic E-state index is 12.1. The van der Waals surface area contributed by atoms with Crippen LogP contribution in [0, 0.1) is 11.8 Å². The molecule has 0 aromatic carbocycles. The van der Waals surface area contributed by atoms with Crippen LogP contribution in [0.5, 0.6) is 0 Å². The van der Waals surface area contributed by atoms with Gasteiger partial charge in [-0.15, -0.1) is 0 Å². The van der Waals surface area contributed by atoms with Gasteiger partial charge in [0.25, 0.3) is 0 Å². The zero-order valence-electron chi connectivity index (χ0n) is 15.2. The summed E-state index contributed by atoms with van der Waals surface area (Å²) in [4.78, 5) is 28.1. The van der Waals surface area contributed by atoms with E-state index in [1.54, 1.807) is 12.1 Å². The molecule has 0 fully saturated rings. The predicted molar refractivity (Wildman–Crippen MR) is 92.9 cm³/mol. The van der Waals surface area contributed by atoms with Gasteiger partial charge in [0.1, 0.15) is 11.4 Å². The van der Waals surface area contributed by atoms with Gasteiger partial charge >= 0.3 is 11.9 Å². The van der Waals surface area contributed by atoms with Crippen LogP contribution in [0.4, 0.5) is 0 Å². The Morgan fingerprint density at radius 1 is 1.04 bits per heavy atom. The van der Waals surface area contributed by atoms with E-state index in [0.29, 0.717) is 19.1 Å². The molecule has 0 aliphatic rings. The minimum atomic E-state index is -0.521. The maximum atomic E-state index is 12.1. The van der Waals surface area contributed by atoms with E-state index in [4.69, 9.17) is 9.47 Å². The summed E-state index contributed by atoms with van der Waals surface area (Å²) in [6, 6.07) is 4.70. The lowest BCUT2D eigenvalue weighted by molar-refractivity contribution is 0.0418. The van der Waals surface area contributed by atoms with Crippen molar-refractivity contribution in [2.45, 2.75) is 53.4 Å². The Hall–Kier alpha value is -1.91. The van der Waals surface area contributed by atoms with Crippen molar-refractivity contribution in [1.29, 1.82) is 0 Å². The van der Waals surface area contributed by atoms with Crippen molar-refractivity contribution < 1.29 is 19.1 Å². The molecular weight excluding hydrogens is 306 g/mol. The minimum Gasteiger partial charge on any atom is -0.461 e. The van der Waals surface area contributed by atoms with Crippen LogP contribution >= 0.6 is 0 Å². The van der Waals surface area contributed by atoms with Crippen LogP contribution in [0.15, 0.2) is 18.2 Å². The summed E-state index contributed by atoms with van der Waals surface area (Å²) in [5.74, 6) is -0.402. The molecule has 0 aliphatic carbocycles. The monoisotopic (exact) mass is 335 g/mol. The molecule has 0 amide bonds. The maximum Gasteiger partial charge on any atom is 0.356 e. The summed E-state index contributed by atoms with van der Waals surface area (Å²) in [5, 5.41) is 0. The molecule has 0 radical (unpaired) electrons. The summed E-state index contributed by atoms with van der Waals surface area (Å²) in [6.45, 7) is 8.86. The highest BCUT2D eigenvalue weighted by Gasteiger charge is 2.16. The van der Waals surface area contributed by atoms with Gasteiger partial charge in [-0.2, -0.15) is 0 Å². The fourth-order valence-electron chi connectivity index (χ4n) is 2.14. The average Bonchev–Trinajstić information content (AvgIpc) is 2.59. The quantitative estimate of drug-likeness (QED) is 0.597. The van der Waals surface area contributed by atoms with Crippen molar-refractivity contribution >= 4 is 11.9 Å². The van der Waals surface area contributed by atoms with Crippen LogP contribution in [0.25, 0.3) is 0 Å². The van der Waals surface area contributed by atoms with E-state index in [0.717, 1.165) is 25.7 Å². The largest absolute Gasteiger partial charge is 0.461 e. The number of aromatic nitrogens is 1. The number of esters is 2. The molecule has 1 atom stereocenters. The molecule has 24 heavy (non-hydrogen) atoms. The second-order valence-corrected chi connectivity index (χ2v) is 6.42. The van der Waals surface area contributed by atoms with Gasteiger partial charge in [0.05, 0.1) is 13.2 Å². The summed E-state index contributed by atoms with van der Waals surface area (Å²) in [5.41, 5.74) is 0.266. The first kappa shape index (κ1) is 20.1. The highest BCUT2D eigenvalue weighted by Crippen LogP contribution is 2.14. The summed E-state index contributed by atoms with van der Waals surface area (Å²) in [6.07, 6.45) is 4.29. The molecule has 1 rings (SSSR count). The van der Waals surface area contributed by atoms with Crippen molar-refractivity contribution in [3.8, 4) is 0 Å². The Morgan fingerprint density at radius 3 is 2.12 bits per heavy atom. The van der Waals surface area contributed by atoms with E-state index in [1.807, 2.05) is 13.8 Å². The first-order chi connectivity index (χ1) is 11.5. The van der Waals surface area contributed by atoms with E-state index >= 15 is 0 Å². The molecule has 1 aromatic heterocycles. The Morgan fingerprint density at radius 2 is 1.62 bits per heavy atom. The van der Waals surface area contributed by atoms with Gasteiger partial charge in [-0.1, -0.05) is 53.0 Å². The van der Waals surface area contributed by atoms with Gasteiger partial charge in [-0.25, -0.2) is 14.6 Å². The summed E-state index contributed by atoms with van der Waals surface area (Å²) < 4.78 is 10.5. The topological polar surface area (TPSA) is 65.5 Å². The second kappa shape index (κ2) is 10.8. The number of hydrogen-bond acceptors (Lipinski definition) is 5. The molecule has 0 spiro atoms. The number of ether oxygens (including phenoxy) is 2. The van der Waals surface area contributed by atoms with Crippen molar-refractivity contribution in [3.63, 3.8) is 0 Å². The number of carbonyl (C=O) groups excluding carboxylic acids is 2. The van der Waals surface area contributed by atoms with Crippen LogP contribution in [0.2, 0.25) is 0 Å². The molecule has 0 N–H and O–H groups in total. The lowest BCUT2D eigenvalue weighted by Crippen LogP contribution is -2.17. The molecular formula is C19H29NO4. The summed E-state index contributed by atoms with van der Waals surface area (Å²) in [7, 11) is 0. The average molecular weight is 335 g/mol. The van der Waals surface area contributed by atoms with Crippen LogP contribution in [0.1, 0.15) is 74.4 Å². The Kier molecular flexibility index (Phi) is 9.05. The molecule has 5 heteroatoms. The SMILES string of the molecule is CCCCC(CC)COC(=O)c1cccc(C(=O)OCC(C)C)n1. The Labute approximate surface area is 144 Å². The zero-order chi connectivity index (χ0) is 17.9. The first-order valence-corrected chi connectivity index (χ1v) is 8.79. The Balaban J connectivity index is 2.61. The first-order valence-electron chi connectivity index (χ1n) is 8.79. The van der Waals surface area contributed by atoms with Gasteiger partial charge in [-0.05, 0) is 30.4 Å². The van der Waals surface area contributed by atoms with Gasteiger partial charge in [-0.3, -0.25) is 0 Å². The molecule has 1 unspecified atom stereocenters. The highest BCUT2D eigenvalue weighted by molar-refractivity contribution is 5.91. The molecule has 5 nitrogen and oxygen atoms in total. The number of nitrogens with zero attached hydrogens (tertiary/aromatic N) is 1. The highest BCUT2D eigenvalue weighted by atomic mass is 16.5. The van der Waals surface area contributed by atoms with Crippen molar-refractivity contribution in [3.05, 3.63) is 29.6 Å². The van der Waals surface area contributed by atoms with Crippen LogP contribution in [-0.4, -0.2) is 30.1 Å². The van der Waals surface area contributed by atoms with Gasteiger partial charge < -0.3 is 9.47 Å². The van der Waals surface area contributed by atoms with E-state index in [2.05, 4.69) is 18.8 Å². The zero-order valence-corrected chi connectivity index (χ0v) is 15.2. The van der Waals surface area contributed by atoms with Gasteiger partial charge in [0.2, 0.25) is 0 Å². The van der Waals surface area contributed by atoms with Crippen molar-refractivity contribution in [1.82, 2.24) is 4.98 Å². The van der Waals surface area contributed by atoms with Crippen LogP contribution in [-0.2, 0) is 9.47 Å². The number of unbranched alkanes of at least 4 members (excludes halogenated alkanes) is 1. The standard InChI is InChI=1S/C19H29NO4/c1-5-7-9-15(6-2)13-24-19(22)17-11-8-10-16(20-17)18(21)23-12-14(3)4/h8,10-11,14-15H,5-7,9,12-13H2,1-4H3. The third-order valence-corrected chi connectivity index (χ3v) is 3.71. The molecule has 0 aliphatic heterocycles.